The van der Waals surface area contributed by atoms with Crippen LogP contribution in [0, 0.1) is 0 Å². The van der Waals surface area contributed by atoms with Gasteiger partial charge in [0.25, 0.3) is 0 Å². The molecule has 78 valence electrons. The smallest absolute Gasteiger partial charge is 0.243 e. The molecule has 0 fully saturated rings. The lowest BCUT2D eigenvalue weighted by molar-refractivity contribution is 0.0922. The largest absolute Gasteiger partial charge is 0.273 e. The fraction of sp³-hybridized carbons (Fsp3) is 0.0769. The van der Waals surface area contributed by atoms with Crippen LogP contribution in [0.4, 0.5) is 0 Å². The highest BCUT2D eigenvalue weighted by Crippen LogP contribution is 2.23. The zero-order valence-electron chi connectivity index (χ0n) is 8.84. The van der Waals surface area contributed by atoms with Crippen LogP contribution >= 0.6 is 0 Å². The molecule has 0 atom stereocenters. The molecule has 0 aliphatic carbocycles. The van der Waals surface area contributed by atoms with Crippen molar-refractivity contribution < 1.29 is 4.79 Å². The van der Waals surface area contributed by atoms with E-state index < -0.39 is 0 Å². The van der Waals surface area contributed by atoms with Crippen molar-refractivity contribution >= 4 is 27.6 Å². The summed E-state index contributed by atoms with van der Waals surface area (Å²) in [6.45, 7) is 1.51. The summed E-state index contributed by atoms with van der Waals surface area (Å²) < 4.78 is 1.39. The van der Waals surface area contributed by atoms with E-state index in [2.05, 4.69) is 5.10 Å². The van der Waals surface area contributed by atoms with Crippen LogP contribution in [0.15, 0.2) is 42.6 Å². The summed E-state index contributed by atoms with van der Waals surface area (Å²) in [4.78, 5) is 11.3. The fourth-order valence-corrected chi connectivity index (χ4v) is 1.92. The van der Waals surface area contributed by atoms with E-state index in [1.54, 1.807) is 6.20 Å². The maximum Gasteiger partial charge on any atom is 0.243 e. The Morgan fingerprint density at radius 2 is 1.88 bits per heavy atom. The van der Waals surface area contributed by atoms with Crippen molar-refractivity contribution in [1.29, 1.82) is 0 Å². The molecule has 0 aliphatic rings. The molecule has 0 amide bonds. The lowest BCUT2D eigenvalue weighted by atomic mass is 10.1. The molecule has 3 nitrogen and oxygen atoms in total. The number of aromatic nitrogens is 2. The van der Waals surface area contributed by atoms with Gasteiger partial charge >= 0.3 is 0 Å². The molecule has 0 saturated carbocycles. The molecule has 0 radical (unpaired) electrons. The van der Waals surface area contributed by atoms with Crippen LogP contribution in [0.1, 0.15) is 11.7 Å². The van der Waals surface area contributed by atoms with Gasteiger partial charge in [-0.2, -0.15) is 5.10 Å². The minimum Gasteiger partial charge on any atom is -0.273 e. The van der Waals surface area contributed by atoms with E-state index in [1.165, 1.54) is 11.6 Å². The summed E-state index contributed by atoms with van der Waals surface area (Å²) in [5.74, 6) is -0.0692. The highest BCUT2D eigenvalue weighted by Gasteiger charge is 2.06. The van der Waals surface area contributed by atoms with E-state index in [0.29, 0.717) is 0 Å². The van der Waals surface area contributed by atoms with Crippen LogP contribution in [0.2, 0.25) is 0 Å². The normalized spacial score (nSPS) is 11.1. The summed E-state index contributed by atoms with van der Waals surface area (Å²) in [6.07, 6.45) is 1.77. The van der Waals surface area contributed by atoms with Gasteiger partial charge in [-0.05, 0) is 5.39 Å². The number of hydrogen-bond acceptors (Lipinski definition) is 2. The summed E-state index contributed by atoms with van der Waals surface area (Å²) in [5.41, 5.74) is 0.883. The maximum absolute atomic E-state index is 11.3. The number of carbonyl (C=O) groups excluding carboxylic acids is 1. The van der Waals surface area contributed by atoms with Gasteiger partial charge < -0.3 is 0 Å². The van der Waals surface area contributed by atoms with Crippen molar-refractivity contribution in [2.75, 3.05) is 0 Å². The molecular weight excluding hydrogens is 200 g/mol. The first-order valence-electron chi connectivity index (χ1n) is 5.14. The first-order chi connectivity index (χ1) is 7.75. The molecule has 0 aliphatic heterocycles. The van der Waals surface area contributed by atoms with Crippen molar-refractivity contribution in [1.82, 2.24) is 9.78 Å². The second-order valence-electron chi connectivity index (χ2n) is 3.82. The van der Waals surface area contributed by atoms with Crippen LogP contribution < -0.4 is 0 Å². The van der Waals surface area contributed by atoms with E-state index in [1.807, 2.05) is 36.4 Å². The Hall–Kier alpha value is -2.16. The monoisotopic (exact) mass is 210 g/mol. The lowest BCUT2D eigenvalue weighted by Crippen LogP contribution is -2.04. The average Bonchev–Trinajstić information content (AvgIpc) is 2.73. The summed E-state index contributed by atoms with van der Waals surface area (Å²) in [7, 11) is 0. The lowest BCUT2D eigenvalue weighted by Gasteiger charge is -1.96. The zero-order chi connectivity index (χ0) is 11.1. The Kier molecular flexibility index (Phi) is 1.80. The minimum atomic E-state index is -0.0692. The van der Waals surface area contributed by atoms with Crippen molar-refractivity contribution in [3.05, 3.63) is 42.6 Å². The summed E-state index contributed by atoms with van der Waals surface area (Å²) in [5, 5.41) is 7.53. The third kappa shape index (κ3) is 1.21. The quantitative estimate of drug-likeness (QED) is 0.571. The van der Waals surface area contributed by atoms with Gasteiger partial charge in [0.2, 0.25) is 5.91 Å². The van der Waals surface area contributed by atoms with Gasteiger partial charge in [-0.3, -0.25) is 4.79 Å². The number of benzene rings is 2. The molecule has 0 unspecified atom stereocenters. The van der Waals surface area contributed by atoms with Gasteiger partial charge in [-0.25, -0.2) is 4.68 Å². The first-order valence-corrected chi connectivity index (χ1v) is 5.14. The summed E-state index contributed by atoms with van der Waals surface area (Å²) in [6, 6.07) is 12.1. The Morgan fingerprint density at radius 1 is 1.12 bits per heavy atom. The number of hydrogen-bond donors (Lipinski definition) is 0. The van der Waals surface area contributed by atoms with Gasteiger partial charge in [0.1, 0.15) is 5.52 Å². The van der Waals surface area contributed by atoms with Gasteiger partial charge in [-0.1, -0.05) is 36.4 Å². The third-order valence-electron chi connectivity index (χ3n) is 2.72. The van der Waals surface area contributed by atoms with Crippen LogP contribution in [-0.2, 0) is 0 Å². The molecule has 2 aromatic carbocycles. The molecule has 3 heteroatoms. The van der Waals surface area contributed by atoms with E-state index in [4.69, 9.17) is 0 Å². The molecule has 1 aromatic heterocycles. The van der Waals surface area contributed by atoms with Gasteiger partial charge in [-0.15, -0.1) is 0 Å². The first kappa shape index (κ1) is 9.09. The molecule has 0 spiro atoms. The fourth-order valence-electron chi connectivity index (χ4n) is 1.92. The average molecular weight is 210 g/mol. The Bertz CT molecular complexity index is 697. The highest BCUT2D eigenvalue weighted by atomic mass is 16.2. The Labute approximate surface area is 92.3 Å². The SMILES string of the molecule is CC(=O)n1cc2ccc3ccccc3c2n1. The topological polar surface area (TPSA) is 34.9 Å². The van der Waals surface area contributed by atoms with Crippen molar-refractivity contribution in [3.63, 3.8) is 0 Å². The zero-order valence-corrected chi connectivity index (χ0v) is 8.84. The van der Waals surface area contributed by atoms with Crippen LogP contribution in [0.25, 0.3) is 21.7 Å². The Morgan fingerprint density at radius 3 is 2.69 bits per heavy atom. The predicted molar refractivity (Wildman–Crippen MR) is 63.5 cm³/mol. The molecule has 0 N–H and O–H groups in total. The molecule has 3 rings (SSSR count). The maximum atomic E-state index is 11.3. The van der Waals surface area contributed by atoms with Crippen LogP contribution in [-0.4, -0.2) is 15.7 Å². The number of carbonyl (C=O) groups is 1. The van der Waals surface area contributed by atoms with E-state index in [9.17, 15) is 4.79 Å². The second kappa shape index (κ2) is 3.17. The van der Waals surface area contributed by atoms with Gasteiger partial charge in [0.15, 0.2) is 0 Å². The Balaban J connectivity index is 2.46. The molecule has 16 heavy (non-hydrogen) atoms. The van der Waals surface area contributed by atoms with E-state index in [-0.39, 0.29) is 5.91 Å². The van der Waals surface area contributed by atoms with Gasteiger partial charge in [0.05, 0.1) is 0 Å². The molecule has 0 saturated heterocycles. The number of nitrogens with zero attached hydrogens (tertiary/aromatic N) is 2. The highest BCUT2D eigenvalue weighted by molar-refractivity contribution is 6.05. The van der Waals surface area contributed by atoms with E-state index in [0.717, 1.165) is 21.7 Å². The molecule has 1 heterocycles. The molecule has 3 aromatic rings. The second-order valence-corrected chi connectivity index (χ2v) is 3.82. The predicted octanol–water partition coefficient (Wildman–Crippen LogP) is 2.85. The summed E-state index contributed by atoms with van der Waals surface area (Å²) >= 11 is 0. The third-order valence-corrected chi connectivity index (χ3v) is 2.72. The van der Waals surface area contributed by atoms with Gasteiger partial charge in [0, 0.05) is 23.9 Å². The number of fused-ring (bicyclic) bond motifs is 3. The van der Waals surface area contributed by atoms with Crippen molar-refractivity contribution in [2.24, 2.45) is 0 Å². The van der Waals surface area contributed by atoms with Crippen LogP contribution in [0.5, 0.6) is 0 Å². The van der Waals surface area contributed by atoms with E-state index >= 15 is 0 Å². The standard InChI is InChI=1S/C13H10N2O/c1-9(16)15-8-11-7-6-10-4-2-3-5-12(10)13(11)14-15/h2-8H,1H3. The molecule has 0 bridgehead atoms. The van der Waals surface area contributed by atoms with Crippen molar-refractivity contribution in [2.45, 2.75) is 6.92 Å². The van der Waals surface area contributed by atoms with Crippen LogP contribution in [0.3, 0.4) is 0 Å². The molecular formula is C13H10N2O. The van der Waals surface area contributed by atoms with Crippen molar-refractivity contribution in [3.8, 4) is 0 Å². The minimum absolute atomic E-state index is 0.0692. The number of rotatable bonds is 0.